The molecule has 10 nitrogen and oxygen atoms in total. The number of ether oxygens (including phenoxy) is 2. The van der Waals surface area contributed by atoms with Crippen molar-refractivity contribution in [3.05, 3.63) is 65.2 Å². The van der Waals surface area contributed by atoms with E-state index in [4.69, 9.17) is 34.3 Å². The van der Waals surface area contributed by atoms with Crippen molar-refractivity contribution < 1.29 is 28.3 Å². The average Bonchev–Trinajstić information content (AvgIpc) is 3.55. The van der Waals surface area contributed by atoms with E-state index < -0.39 is 0 Å². The van der Waals surface area contributed by atoms with E-state index in [1.807, 2.05) is 53.6 Å². The van der Waals surface area contributed by atoms with Crippen LogP contribution in [0.2, 0.25) is 0 Å². The maximum absolute atomic E-state index is 13.5. The second kappa shape index (κ2) is 14.0. The number of unbranched alkanes of at least 4 members (excludes halogenated alkanes) is 1. The quantitative estimate of drug-likeness (QED) is 0.0911. The van der Waals surface area contributed by atoms with Crippen LogP contribution in [0.3, 0.4) is 0 Å². The zero-order valence-electron chi connectivity index (χ0n) is 27.8. The van der Waals surface area contributed by atoms with E-state index in [-0.39, 0.29) is 23.8 Å². The lowest BCUT2D eigenvalue weighted by atomic mass is 9.94. The number of imide groups is 1. The van der Waals surface area contributed by atoms with Crippen LogP contribution in [0.15, 0.2) is 53.5 Å². The summed E-state index contributed by atoms with van der Waals surface area (Å²) in [5.74, 6) is 0.658. The number of thiocarbonyl (C=S) groups is 1. The molecule has 0 aromatic heterocycles. The van der Waals surface area contributed by atoms with Gasteiger partial charge in [0.05, 0.1) is 70.3 Å². The van der Waals surface area contributed by atoms with Gasteiger partial charge in [-0.2, -0.15) is 0 Å². The summed E-state index contributed by atoms with van der Waals surface area (Å²) < 4.78 is 13.2. The monoisotopic (exact) mass is 699 g/mol. The van der Waals surface area contributed by atoms with Gasteiger partial charge in [0.2, 0.25) is 0 Å². The second-order valence-electron chi connectivity index (χ2n) is 13.4. The molecular formula is C37H41N5O5S2. The van der Waals surface area contributed by atoms with Crippen LogP contribution >= 0.6 is 12.2 Å². The molecule has 0 radical (unpaired) electrons. The molecule has 2 fully saturated rings. The molecule has 0 unspecified atom stereocenters. The van der Waals surface area contributed by atoms with Crippen molar-refractivity contribution in [1.29, 1.82) is 0 Å². The standard InChI is InChI=1S/C37H41N5O5S2/c1-46-31-22-29-30(38-24-26-10-6-13-40(26)36(29)45)23-32(31)47-21-3-2-17-42(19-15-39(16-20-42)37(48)49)18-7-14-41-34(43)27-11-4-8-25-9-5-12-28(33(25)27)35(41)44/h4-5,8-9,11-12,22-24,26H,2-3,6-7,10,13-21H2,1H3/t26-/m0/s1. The maximum atomic E-state index is 13.5. The van der Waals surface area contributed by atoms with E-state index in [0.29, 0.717) is 57.8 Å². The zero-order chi connectivity index (χ0) is 34.1. The van der Waals surface area contributed by atoms with Crippen LogP contribution in [0.4, 0.5) is 5.69 Å². The van der Waals surface area contributed by atoms with Crippen molar-refractivity contribution in [3.8, 4) is 11.5 Å². The summed E-state index contributed by atoms with van der Waals surface area (Å²) in [6, 6.07) is 14.9. The van der Waals surface area contributed by atoms with Gasteiger partial charge in [0, 0.05) is 48.3 Å². The SMILES string of the molecule is COc1cc2c(cc1OCCCC[N+]1(CCCN3C(=O)c4cccc5cccc(c45)C3=O)CCN(C(=S)[S-])CC1)N=C[C@@H]1CCCN1C2=O. The van der Waals surface area contributed by atoms with E-state index in [1.165, 1.54) is 4.90 Å². The number of nitrogens with zero attached hydrogens (tertiary/aromatic N) is 5. The molecule has 0 bridgehead atoms. The Balaban J connectivity index is 0.977. The largest absolute Gasteiger partial charge is 0.493 e. The van der Waals surface area contributed by atoms with E-state index in [0.717, 1.165) is 86.8 Å². The van der Waals surface area contributed by atoms with Gasteiger partial charge in [-0.05, 0) is 49.3 Å². The molecule has 7 rings (SSSR count). The predicted molar refractivity (Wildman–Crippen MR) is 195 cm³/mol. The minimum atomic E-state index is -0.220. The van der Waals surface area contributed by atoms with Gasteiger partial charge in [0.15, 0.2) is 11.5 Å². The van der Waals surface area contributed by atoms with Crippen LogP contribution in [0.1, 0.15) is 63.2 Å². The summed E-state index contributed by atoms with van der Waals surface area (Å²) in [5, 5.41) is 1.66. The molecular weight excluding hydrogens is 659 g/mol. The highest BCUT2D eigenvalue weighted by molar-refractivity contribution is 8.00. The Hall–Kier alpha value is -4.13. The minimum absolute atomic E-state index is 0.0121. The Kier molecular flexibility index (Phi) is 9.54. The van der Waals surface area contributed by atoms with Crippen LogP contribution < -0.4 is 9.47 Å². The molecule has 0 N–H and O–H groups in total. The number of benzene rings is 3. The van der Waals surface area contributed by atoms with Crippen LogP contribution in [-0.2, 0) is 12.6 Å². The van der Waals surface area contributed by atoms with Crippen LogP contribution in [0.5, 0.6) is 11.5 Å². The van der Waals surface area contributed by atoms with Crippen molar-refractivity contribution >= 4 is 69.6 Å². The molecule has 1 atom stereocenters. The molecule has 3 amide bonds. The molecule has 3 aromatic carbocycles. The molecule has 4 heterocycles. The molecule has 3 aromatic rings. The number of amides is 3. The fraction of sp³-hybridized carbons (Fsp3) is 0.432. The smallest absolute Gasteiger partial charge is 0.261 e. The fourth-order valence-corrected chi connectivity index (χ4v) is 8.20. The Morgan fingerprint density at radius 2 is 1.63 bits per heavy atom. The van der Waals surface area contributed by atoms with E-state index in [9.17, 15) is 14.4 Å². The van der Waals surface area contributed by atoms with E-state index in [2.05, 4.69) is 9.89 Å². The first-order valence-electron chi connectivity index (χ1n) is 17.2. The van der Waals surface area contributed by atoms with Crippen molar-refractivity contribution in [1.82, 2.24) is 14.7 Å². The topological polar surface area (TPSA) is 91.8 Å². The maximum Gasteiger partial charge on any atom is 0.261 e. The third kappa shape index (κ3) is 6.49. The zero-order valence-corrected chi connectivity index (χ0v) is 29.4. The predicted octanol–water partition coefficient (Wildman–Crippen LogP) is 4.98. The number of aliphatic imine (C=N–C) groups is 1. The number of quaternary nitrogens is 1. The third-order valence-electron chi connectivity index (χ3n) is 10.6. The third-order valence-corrected chi connectivity index (χ3v) is 11.1. The highest BCUT2D eigenvalue weighted by atomic mass is 32.1. The normalized spacial score (nSPS) is 19.6. The van der Waals surface area contributed by atoms with Crippen LogP contribution in [0.25, 0.3) is 10.8 Å². The number of hydrogen-bond donors (Lipinski definition) is 0. The molecule has 4 aliphatic rings. The molecule has 0 aliphatic carbocycles. The van der Waals surface area contributed by atoms with Gasteiger partial charge < -0.3 is 48.6 Å². The summed E-state index contributed by atoms with van der Waals surface area (Å²) in [6.07, 6.45) is 6.25. The summed E-state index contributed by atoms with van der Waals surface area (Å²) >= 11 is 10.6. The highest BCUT2D eigenvalue weighted by Gasteiger charge is 2.36. The number of piperazine rings is 1. The average molecular weight is 700 g/mol. The Morgan fingerprint density at radius 1 is 0.918 bits per heavy atom. The van der Waals surface area contributed by atoms with Crippen LogP contribution in [0, 0.1) is 0 Å². The van der Waals surface area contributed by atoms with Crippen molar-refractivity contribution in [2.75, 3.05) is 66.1 Å². The van der Waals surface area contributed by atoms with Crippen LogP contribution in [-0.4, -0.2) is 120 Å². The number of carbonyl (C=O) groups excluding carboxylic acids is 3. The molecule has 2 saturated heterocycles. The van der Waals surface area contributed by atoms with Crippen molar-refractivity contribution in [2.24, 2.45) is 4.99 Å². The Morgan fingerprint density at radius 3 is 2.33 bits per heavy atom. The molecule has 0 saturated carbocycles. The summed E-state index contributed by atoms with van der Waals surface area (Å²) in [5.41, 5.74) is 2.34. The molecule has 12 heteroatoms. The van der Waals surface area contributed by atoms with E-state index >= 15 is 0 Å². The Labute approximate surface area is 297 Å². The summed E-state index contributed by atoms with van der Waals surface area (Å²) in [7, 11) is 1.59. The van der Waals surface area contributed by atoms with E-state index in [1.54, 1.807) is 13.2 Å². The number of hydrogen-bond acceptors (Lipinski definition) is 8. The van der Waals surface area contributed by atoms with Crippen molar-refractivity contribution in [2.45, 2.75) is 38.1 Å². The van der Waals surface area contributed by atoms with Gasteiger partial charge in [-0.3, -0.25) is 24.3 Å². The van der Waals surface area contributed by atoms with Gasteiger partial charge in [-0.25, -0.2) is 0 Å². The molecule has 0 spiro atoms. The first-order valence-corrected chi connectivity index (χ1v) is 18.0. The first-order chi connectivity index (χ1) is 23.8. The van der Waals surface area contributed by atoms with Gasteiger partial charge in [0.1, 0.15) is 0 Å². The Bertz CT molecular complexity index is 1790. The number of carbonyl (C=O) groups is 3. The lowest BCUT2D eigenvalue weighted by Gasteiger charge is -2.47. The number of fused-ring (bicyclic) bond motifs is 2. The summed E-state index contributed by atoms with van der Waals surface area (Å²) in [4.78, 5) is 50.2. The van der Waals surface area contributed by atoms with Gasteiger partial charge >= 0.3 is 0 Å². The van der Waals surface area contributed by atoms with Gasteiger partial charge in [-0.15, -0.1) is 0 Å². The van der Waals surface area contributed by atoms with Gasteiger partial charge in [0.25, 0.3) is 17.7 Å². The highest BCUT2D eigenvalue weighted by Crippen LogP contribution is 2.38. The number of methoxy groups -OCH3 is 1. The van der Waals surface area contributed by atoms with Gasteiger partial charge in [-0.1, -0.05) is 28.6 Å². The molecule has 49 heavy (non-hydrogen) atoms. The lowest BCUT2D eigenvalue weighted by Crippen LogP contribution is -2.61. The second-order valence-corrected chi connectivity index (χ2v) is 14.4. The summed E-state index contributed by atoms with van der Waals surface area (Å²) in [6.45, 7) is 6.75. The minimum Gasteiger partial charge on any atom is -0.493 e. The first kappa shape index (κ1) is 33.4. The lowest BCUT2D eigenvalue weighted by molar-refractivity contribution is -0.931. The molecule has 4 aliphatic heterocycles. The fourth-order valence-electron chi connectivity index (χ4n) is 7.83. The molecule has 256 valence electrons. The van der Waals surface area contributed by atoms with Crippen molar-refractivity contribution in [3.63, 3.8) is 0 Å². The number of rotatable bonds is 11.